The Labute approximate surface area is 205 Å². The van der Waals surface area contributed by atoms with Gasteiger partial charge in [0, 0.05) is 12.6 Å². The van der Waals surface area contributed by atoms with Gasteiger partial charge in [-0.15, -0.1) is 10.2 Å². The van der Waals surface area contributed by atoms with Crippen LogP contribution in [0.2, 0.25) is 0 Å². The predicted molar refractivity (Wildman–Crippen MR) is 126 cm³/mol. The van der Waals surface area contributed by atoms with Gasteiger partial charge in [-0.2, -0.15) is 9.78 Å². The number of likely N-dealkylation sites (tertiary alicyclic amines) is 1. The third kappa shape index (κ3) is 4.68. The van der Waals surface area contributed by atoms with Crippen LogP contribution in [0.4, 0.5) is 5.82 Å². The number of rotatable bonds is 7. The summed E-state index contributed by atoms with van der Waals surface area (Å²) in [5, 5.41) is 31.2. The molecule has 1 atom stereocenters. The average molecular weight is 492 g/mol. The lowest BCUT2D eigenvalue weighted by molar-refractivity contribution is 0.0944. The van der Waals surface area contributed by atoms with Gasteiger partial charge in [-0.25, -0.2) is 14.7 Å². The molecule has 0 bridgehead atoms. The SMILES string of the molecule is C/C(=N\NC(=O)c1nnn(-c2nonc2N)c1CN1CCCC[C@@H]1C)c1cccc(-n2cnnn2)c1. The average Bonchev–Trinajstić information content (AvgIpc) is 3.65. The van der Waals surface area contributed by atoms with Crippen LogP contribution < -0.4 is 11.2 Å². The van der Waals surface area contributed by atoms with E-state index in [-0.39, 0.29) is 17.3 Å². The lowest BCUT2D eigenvalue weighted by Gasteiger charge is -2.33. The largest absolute Gasteiger partial charge is 0.378 e. The van der Waals surface area contributed by atoms with Gasteiger partial charge in [0.25, 0.3) is 5.91 Å². The highest BCUT2D eigenvalue weighted by Gasteiger charge is 2.28. The third-order valence-electron chi connectivity index (χ3n) is 6.17. The maximum Gasteiger partial charge on any atom is 0.293 e. The topological polar surface area (TPSA) is 184 Å². The highest BCUT2D eigenvalue weighted by molar-refractivity contribution is 6.01. The summed E-state index contributed by atoms with van der Waals surface area (Å²) in [6.07, 6.45) is 4.82. The minimum atomic E-state index is -0.507. The van der Waals surface area contributed by atoms with Crippen LogP contribution in [0.25, 0.3) is 11.5 Å². The van der Waals surface area contributed by atoms with Crippen LogP contribution in [-0.4, -0.2) is 74.6 Å². The van der Waals surface area contributed by atoms with E-state index in [9.17, 15) is 4.79 Å². The Hall–Kier alpha value is -4.53. The van der Waals surface area contributed by atoms with Crippen molar-refractivity contribution in [2.75, 3.05) is 12.3 Å². The zero-order valence-corrected chi connectivity index (χ0v) is 19.8. The fraction of sp³-hybridized carbons (Fsp3) is 0.381. The molecular formula is C21H25N13O2. The van der Waals surface area contributed by atoms with Gasteiger partial charge in [-0.3, -0.25) is 9.69 Å². The number of anilines is 1. The zero-order valence-electron chi connectivity index (χ0n) is 19.8. The van der Waals surface area contributed by atoms with Crippen LogP contribution in [0.5, 0.6) is 0 Å². The van der Waals surface area contributed by atoms with Gasteiger partial charge in [0.05, 0.1) is 17.1 Å². The first kappa shape index (κ1) is 23.2. The van der Waals surface area contributed by atoms with Crippen LogP contribution in [0.1, 0.15) is 54.9 Å². The second-order valence-electron chi connectivity index (χ2n) is 8.53. The van der Waals surface area contributed by atoms with Crippen molar-refractivity contribution in [2.45, 2.75) is 45.7 Å². The summed E-state index contributed by atoms with van der Waals surface area (Å²) in [5.41, 5.74) is 11.3. The summed E-state index contributed by atoms with van der Waals surface area (Å²) >= 11 is 0. The van der Waals surface area contributed by atoms with Crippen LogP contribution in [0, 0.1) is 0 Å². The van der Waals surface area contributed by atoms with Crippen molar-refractivity contribution in [3.05, 3.63) is 47.5 Å². The summed E-state index contributed by atoms with van der Waals surface area (Å²) in [6, 6.07) is 7.80. The van der Waals surface area contributed by atoms with Crippen LogP contribution in [0.3, 0.4) is 0 Å². The van der Waals surface area contributed by atoms with E-state index in [2.05, 4.69) is 58.5 Å². The first-order chi connectivity index (χ1) is 17.5. The standard InChI is InChI=1S/C21H25N13O2/c1-13-6-3-4-9-32(13)11-17-18(25-30-34(17)20-19(22)27-36-28-20)21(35)26-24-14(2)15-7-5-8-16(10-15)33-12-23-29-31-33/h5,7-8,10,12-13H,3-4,6,9,11H2,1-2H3,(H2,22,27)(H,26,35)/b24-14+/t13-/m0/s1. The molecule has 3 aromatic heterocycles. The minimum Gasteiger partial charge on any atom is -0.378 e. The third-order valence-corrected chi connectivity index (χ3v) is 6.17. The van der Waals surface area contributed by atoms with Gasteiger partial charge >= 0.3 is 0 Å². The fourth-order valence-corrected chi connectivity index (χ4v) is 4.12. The van der Waals surface area contributed by atoms with Gasteiger partial charge in [0.15, 0.2) is 5.69 Å². The summed E-state index contributed by atoms with van der Waals surface area (Å²) < 4.78 is 7.67. The number of aromatic nitrogens is 9. The van der Waals surface area contributed by atoms with Crippen molar-refractivity contribution in [3.63, 3.8) is 0 Å². The maximum absolute atomic E-state index is 13.2. The molecule has 0 aliphatic carbocycles. The first-order valence-corrected chi connectivity index (χ1v) is 11.5. The molecule has 1 fully saturated rings. The number of carbonyl (C=O) groups excluding carboxylic acids is 1. The Kier molecular flexibility index (Phi) is 6.44. The molecule has 4 heterocycles. The van der Waals surface area contributed by atoms with E-state index in [4.69, 9.17) is 10.4 Å². The molecule has 0 radical (unpaired) electrons. The van der Waals surface area contributed by atoms with Crippen LogP contribution >= 0.6 is 0 Å². The number of tetrazole rings is 1. The number of benzene rings is 1. The summed E-state index contributed by atoms with van der Waals surface area (Å²) in [7, 11) is 0. The molecule has 3 N–H and O–H groups in total. The van der Waals surface area contributed by atoms with Crippen molar-refractivity contribution in [2.24, 2.45) is 5.10 Å². The van der Waals surface area contributed by atoms with E-state index in [0.717, 1.165) is 30.6 Å². The lowest BCUT2D eigenvalue weighted by Crippen LogP contribution is -2.38. The molecule has 4 aromatic rings. The molecule has 1 aliphatic rings. The normalized spacial score (nSPS) is 16.8. The summed E-state index contributed by atoms with van der Waals surface area (Å²) in [4.78, 5) is 15.4. The number of piperidine rings is 1. The van der Waals surface area contributed by atoms with Gasteiger partial charge in [-0.05, 0) is 71.7 Å². The molecule has 1 aliphatic heterocycles. The van der Waals surface area contributed by atoms with E-state index in [1.807, 2.05) is 24.3 Å². The molecule has 36 heavy (non-hydrogen) atoms. The Morgan fingerprint density at radius 2 is 2.17 bits per heavy atom. The van der Waals surface area contributed by atoms with Crippen molar-refractivity contribution in [1.82, 2.24) is 55.8 Å². The van der Waals surface area contributed by atoms with Crippen molar-refractivity contribution in [3.8, 4) is 11.5 Å². The Bertz CT molecular complexity index is 1370. The van der Waals surface area contributed by atoms with Crippen LogP contribution in [0.15, 0.2) is 40.3 Å². The highest BCUT2D eigenvalue weighted by atomic mass is 16.6. The number of hydrogen-bond acceptors (Lipinski definition) is 12. The number of amides is 1. The second-order valence-corrected chi connectivity index (χ2v) is 8.53. The first-order valence-electron chi connectivity index (χ1n) is 11.5. The minimum absolute atomic E-state index is 0.0520. The Balaban J connectivity index is 1.40. The zero-order chi connectivity index (χ0) is 25.1. The molecule has 0 saturated carbocycles. The molecule has 1 amide bonds. The fourth-order valence-electron chi connectivity index (χ4n) is 4.12. The van der Waals surface area contributed by atoms with E-state index < -0.39 is 5.91 Å². The molecule has 1 aromatic carbocycles. The van der Waals surface area contributed by atoms with E-state index >= 15 is 0 Å². The predicted octanol–water partition coefficient (Wildman–Crippen LogP) is 0.737. The van der Waals surface area contributed by atoms with E-state index in [0.29, 0.717) is 24.0 Å². The van der Waals surface area contributed by atoms with Crippen molar-refractivity contribution in [1.29, 1.82) is 0 Å². The summed E-state index contributed by atoms with van der Waals surface area (Å²) in [5.74, 6) is -0.275. The van der Waals surface area contributed by atoms with Crippen molar-refractivity contribution >= 4 is 17.4 Å². The van der Waals surface area contributed by atoms with Crippen LogP contribution in [-0.2, 0) is 6.54 Å². The molecule has 0 spiro atoms. The molecule has 15 heteroatoms. The smallest absolute Gasteiger partial charge is 0.293 e. The summed E-state index contributed by atoms with van der Waals surface area (Å²) in [6.45, 7) is 5.28. The van der Waals surface area contributed by atoms with Gasteiger partial charge in [0.1, 0.15) is 6.33 Å². The molecule has 0 unspecified atom stereocenters. The Morgan fingerprint density at radius 3 is 2.92 bits per heavy atom. The van der Waals surface area contributed by atoms with Gasteiger partial charge in [-0.1, -0.05) is 23.8 Å². The number of nitrogens with two attached hydrogens (primary N) is 1. The number of carbonyl (C=O) groups is 1. The molecular weight excluding hydrogens is 466 g/mol. The monoisotopic (exact) mass is 491 g/mol. The molecule has 186 valence electrons. The van der Waals surface area contributed by atoms with E-state index in [1.165, 1.54) is 22.1 Å². The number of nitrogens with one attached hydrogen (secondary N) is 1. The second kappa shape index (κ2) is 9.99. The molecule has 15 nitrogen and oxygen atoms in total. The maximum atomic E-state index is 13.2. The van der Waals surface area contributed by atoms with E-state index in [1.54, 1.807) is 6.92 Å². The number of nitrogen functional groups attached to an aromatic ring is 1. The van der Waals surface area contributed by atoms with Gasteiger partial charge < -0.3 is 5.73 Å². The van der Waals surface area contributed by atoms with Crippen molar-refractivity contribution < 1.29 is 9.42 Å². The number of nitrogens with zero attached hydrogens (tertiary/aromatic N) is 11. The quantitative estimate of drug-likeness (QED) is 0.274. The Morgan fingerprint density at radius 1 is 1.28 bits per heavy atom. The van der Waals surface area contributed by atoms with Gasteiger partial charge in [0.2, 0.25) is 11.6 Å². The molecule has 1 saturated heterocycles. The highest BCUT2D eigenvalue weighted by Crippen LogP contribution is 2.23. The number of hydrogen-bond donors (Lipinski definition) is 2. The number of hydrazone groups is 1. The molecule has 5 rings (SSSR count). The lowest BCUT2D eigenvalue weighted by atomic mass is 10.0.